The van der Waals surface area contributed by atoms with E-state index in [1.807, 2.05) is 12.1 Å². The molecule has 22 heavy (non-hydrogen) atoms. The molecule has 0 saturated heterocycles. The lowest BCUT2D eigenvalue weighted by atomic mass is 10.2. The monoisotopic (exact) mass is 381 g/mol. The van der Waals surface area contributed by atoms with E-state index in [2.05, 4.69) is 20.9 Å². The molecule has 0 saturated carbocycles. The lowest BCUT2D eigenvalue weighted by Gasteiger charge is -2.09. The van der Waals surface area contributed by atoms with Gasteiger partial charge in [-0.2, -0.15) is 0 Å². The summed E-state index contributed by atoms with van der Waals surface area (Å²) in [6, 6.07) is 12.4. The topological polar surface area (TPSA) is 58.9 Å². The second-order valence-corrected chi connectivity index (χ2v) is 5.79. The lowest BCUT2D eigenvalue weighted by Crippen LogP contribution is -2.22. The Balaban J connectivity index is 2.05. The van der Waals surface area contributed by atoms with Crippen molar-refractivity contribution in [1.29, 1.82) is 0 Å². The summed E-state index contributed by atoms with van der Waals surface area (Å²) in [5, 5.41) is 9.39. The minimum absolute atomic E-state index is 0.499. The van der Waals surface area contributed by atoms with Crippen molar-refractivity contribution < 1.29 is 14.6 Å². The predicted molar refractivity (Wildman–Crippen MR) is 90.6 cm³/mol. The molecule has 2 aromatic rings. The molecule has 0 heterocycles. The molecule has 0 fully saturated rings. The normalized spacial score (nSPS) is 12.3. The summed E-state index contributed by atoms with van der Waals surface area (Å²) >= 11 is 9.33. The van der Waals surface area contributed by atoms with Gasteiger partial charge in [-0.3, -0.25) is 4.99 Å². The van der Waals surface area contributed by atoms with Crippen molar-refractivity contribution in [3.05, 3.63) is 57.5 Å². The third kappa shape index (κ3) is 4.58. The van der Waals surface area contributed by atoms with Crippen LogP contribution in [0.2, 0.25) is 5.02 Å². The molecular formula is C16H13BrClNO3. The van der Waals surface area contributed by atoms with Gasteiger partial charge < -0.3 is 9.84 Å². The number of halogens is 2. The van der Waals surface area contributed by atoms with Crippen molar-refractivity contribution in [1.82, 2.24) is 0 Å². The van der Waals surface area contributed by atoms with E-state index < -0.39 is 12.1 Å². The Hall–Kier alpha value is -1.85. The summed E-state index contributed by atoms with van der Waals surface area (Å²) in [5.41, 5.74) is 1.61. The van der Waals surface area contributed by atoms with Crippen LogP contribution in [0.1, 0.15) is 12.5 Å². The number of ether oxygens (including phenoxy) is 1. The number of aliphatic imine (C=N–C) groups is 1. The van der Waals surface area contributed by atoms with Gasteiger partial charge in [-0.05, 0) is 70.9 Å². The molecule has 2 aromatic carbocycles. The van der Waals surface area contributed by atoms with Crippen molar-refractivity contribution in [2.75, 3.05) is 0 Å². The number of aliphatic carboxylic acids is 1. The van der Waals surface area contributed by atoms with E-state index in [-0.39, 0.29) is 0 Å². The van der Waals surface area contributed by atoms with E-state index in [1.54, 1.807) is 36.5 Å². The summed E-state index contributed by atoms with van der Waals surface area (Å²) in [4.78, 5) is 15.1. The fourth-order valence-corrected chi connectivity index (χ4v) is 2.02. The first-order chi connectivity index (χ1) is 10.5. The molecule has 0 aromatic heterocycles. The number of carboxylic acid groups (broad SMARTS) is 1. The van der Waals surface area contributed by atoms with Crippen LogP contribution in [0, 0.1) is 0 Å². The first-order valence-corrected chi connectivity index (χ1v) is 7.61. The third-order valence-electron chi connectivity index (χ3n) is 2.81. The van der Waals surface area contributed by atoms with Crippen molar-refractivity contribution in [2.45, 2.75) is 13.0 Å². The second kappa shape index (κ2) is 7.42. The Morgan fingerprint density at radius 1 is 1.32 bits per heavy atom. The summed E-state index contributed by atoms with van der Waals surface area (Å²) in [6.45, 7) is 1.48. The average Bonchev–Trinajstić information content (AvgIpc) is 2.49. The fraction of sp³-hybridized carbons (Fsp3) is 0.125. The van der Waals surface area contributed by atoms with Crippen LogP contribution < -0.4 is 4.74 Å². The van der Waals surface area contributed by atoms with E-state index in [4.69, 9.17) is 21.4 Å². The maximum absolute atomic E-state index is 10.7. The maximum Gasteiger partial charge on any atom is 0.344 e. The van der Waals surface area contributed by atoms with Crippen LogP contribution in [0.5, 0.6) is 5.75 Å². The molecule has 0 aliphatic heterocycles. The first kappa shape index (κ1) is 16.5. The largest absolute Gasteiger partial charge is 0.479 e. The number of nitrogens with zero attached hydrogens (tertiary/aromatic N) is 1. The molecule has 2 rings (SSSR count). The highest BCUT2D eigenvalue weighted by Gasteiger charge is 2.11. The minimum atomic E-state index is -1.00. The molecule has 1 atom stereocenters. The highest BCUT2D eigenvalue weighted by atomic mass is 79.9. The number of hydrogen-bond acceptors (Lipinski definition) is 3. The van der Waals surface area contributed by atoms with Gasteiger partial charge in [0, 0.05) is 10.7 Å². The zero-order valence-electron chi connectivity index (χ0n) is 11.7. The molecule has 0 spiro atoms. The number of hydrogen-bond donors (Lipinski definition) is 1. The van der Waals surface area contributed by atoms with Crippen LogP contribution in [-0.2, 0) is 4.79 Å². The van der Waals surface area contributed by atoms with E-state index in [1.165, 1.54) is 6.92 Å². The van der Waals surface area contributed by atoms with Gasteiger partial charge in [0.1, 0.15) is 5.75 Å². The lowest BCUT2D eigenvalue weighted by molar-refractivity contribution is -0.144. The SMILES string of the molecule is C[C@H](Oc1ccc(C=Nc2ccc(Br)c(Cl)c2)cc1)C(=O)O. The molecule has 0 bridgehead atoms. The Morgan fingerprint density at radius 3 is 2.59 bits per heavy atom. The molecule has 114 valence electrons. The summed E-state index contributed by atoms with van der Waals surface area (Å²) in [6.07, 6.45) is 0.814. The highest BCUT2D eigenvalue weighted by molar-refractivity contribution is 9.10. The summed E-state index contributed by atoms with van der Waals surface area (Å²) in [7, 11) is 0. The molecule has 0 unspecified atom stereocenters. The Morgan fingerprint density at radius 2 is 2.00 bits per heavy atom. The van der Waals surface area contributed by atoms with Gasteiger partial charge in [0.05, 0.1) is 10.7 Å². The molecule has 0 radical (unpaired) electrons. The van der Waals surface area contributed by atoms with Crippen LogP contribution in [0.3, 0.4) is 0 Å². The standard InChI is InChI=1S/C16H13BrClNO3/c1-10(16(20)21)22-13-5-2-11(3-6-13)9-19-12-4-7-14(17)15(18)8-12/h2-10H,1H3,(H,20,21)/t10-/m0/s1. The van der Waals surface area contributed by atoms with Crippen LogP contribution in [-0.4, -0.2) is 23.4 Å². The van der Waals surface area contributed by atoms with Crippen LogP contribution >= 0.6 is 27.5 Å². The van der Waals surface area contributed by atoms with Gasteiger partial charge in [0.2, 0.25) is 0 Å². The van der Waals surface area contributed by atoms with Gasteiger partial charge >= 0.3 is 5.97 Å². The van der Waals surface area contributed by atoms with Crippen LogP contribution in [0.15, 0.2) is 51.9 Å². The number of carbonyl (C=O) groups is 1. The number of benzene rings is 2. The van der Waals surface area contributed by atoms with Crippen LogP contribution in [0.25, 0.3) is 0 Å². The van der Waals surface area contributed by atoms with Gasteiger partial charge in [-0.15, -0.1) is 0 Å². The van der Waals surface area contributed by atoms with Crippen molar-refractivity contribution in [3.8, 4) is 5.75 Å². The highest BCUT2D eigenvalue weighted by Crippen LogP contribution is 2.27. The third-order valence-corrected chi connectivity index (χ3v) is 4.04. The maximum atomic E-state index is 10.7. The summed E-state index contributed by atoms with van der Waals surface area (Å²) in [5.74, 6) is -0.503. The van der Waals surface area contributed by atoms with Gasteiger partial charge in [0.15, 0.2) is 6.10 Å². The first-order valence-electron chi connectivity index (χ1n) is 6.44. The van der Waals surface area contributed by atoms with E-state index >= 15 is 0 Å². The molecule has 4 nitrogen and oxygen atoms in total. The van der Waals surface area contributed by atoms with Crippen molar-refractivity contribution in [3.63, 3.8) is 0 Å². The predicted octanol–water partition coefficient (Wildman–Crippen LogP) is 4.71. The fourth-order valence-electron chi connectivity index (χ4n) is 1.60. The van der Waals surface area contributed by atoms with Gasteiger partial charge in [-0.25, -0.2) is 4.79 Å². The second-order valence-electron chi connectivity index (χ2n) is 4.52. The molecule has 1 N–H and O–H groups in total. The summed E-state index contributed by atoms with van der Waals surface area (Å²) < 4.78 is 6.08. The van der Waals surface area contributed by atoms with Gasteiger partial charge in [0.25, 0.3) is 0 Å². The minimum Gasteiger partial charge on any atom is -0.479 e. The average molecular weight is 383 g/mol. The zero-order chi connectivity index (χ0) is 16.1. The van der Waals surface area contributed by atoms with Crippen molar-refractivity contribution >= 4 is 45.4 Å². The Labute approximate surface area is 141 Å². The Kier molecular flexibility index (Phi) is 5.57. The van der Waals surface area contributed by atoms with E-state index in [0.29, 0.717) is 10.8 Å². The smallest absolute Gasteiger partial charge is 0.344 e. The zero-order valence-corrected chi connectivity index (χ0v) is 14.0. The molecule has 6 heteroatoms. The van der Waals surface area contributed by atoms with Crippen LogP contribution in [0.4, 0.5) is 5.69 Å². The molecule has 0 aliphatic carbocycles. The number of carboxylic acids is 1. The quantitative estimate of drug-likeness (QED) is 0.762. The van der Waals surface area contributed by atoms with E-state index in [9.17, 15) is 4.79 Å². The molecule has 0 aliphatic rings. The molecular weight excluding hydrogens is 370 g/mol. The number of rotatable bonds is 5. The van der Waals surface area contributed by atoms with E-state index in [0.717, 1.165) is 15.7 Å². The van der Waals surface area contributed by atoms with Crippen molar-refractivity contribution in [2.24, 2.45) is 4.99 Å². The molecule has 0 amide bonds. The van der Waals surface area contributed by atoms with Gasteiger partial charge in [-0.1, -0.05) is 11.6 Å². The Bertz CT molecular complexity index is 701.